The van der Waals surface area contributed by atoms with Crippen molar-refractivity contribution in [2.45, 2.75) is 51.9 Å². The zero-order valence-corrected chi connectivity index (χ0v) is 37.8. The number of imide groups is 4. The number of hydrogen-bond acceptors (Lipinski definition) is 7. The van der Waals surface area contributed by atoms with Crippen molar-refractivity contribution in [2.75, 3.05) is 28.2 Å². The fourth-order valence-corrected chi connectivity index (χ4v) is 7.49. The highest BCUT2D eigenvalue weighted by atomic mass is 35.5. The molecule has 15 heteroatoms. The quantitative estimate of drug-likeness (QED) is 0.124. The lowest BCUT2D eigenvalue weighted by Crippen LogP contribution is -2.58. The Bertz CT molecular complexity index is 2640. The molecule has 1 atom stereocenters. The first kappa shape index (κ1) is 47.5. The van der Waals surface area contributed by atoms with Gasteiger partial charge in [-0.15, -0.1) is 0 Å². The van der Waals surface area contributed by atoms with Crippen molar-refractivity contribution < 1.29 is 33.6 Å². The highest BCUT2D eigenvalue weighted by molar-refractivity contribution is 6.33. The van der Waals surface area contributed by atoms with Crippen LogP contribution in [0.25, 0.3) is 21.8 Å². The molecule has 13 nitrogen and oxygen atoms in total. The molecule has 2 saturated heterocycles. The maximum atomic E-state index is 13.2. The molecule has 0 spiro atoms. The van der Waals surface area contributed by atoms with E-state index in [4.69, 9.17) is 23.2 Å². The molecule has 0 aliphatic carbocycles. The van der Waals surface area contributed by atoms with Crippen LogP contribution in [-0.2, 0) is 19.2 Å². The first-order chi connectivity index (χ1) is 29.9. The van der Waals surface area contributed by atoms with Crippen LogP contribution in [0.2, 0.25) is 10.0 Å². The van der Waals surface area contributed by atoms with Crippen molar-refractivity contribution in [3.63, 3.8) is 0 Å². The van der Waals surface area contributed by atoms with Crippen LogP contribution in [0.1, 0.15) is 84.5 Å². The molecule has 4 aromatic carbocycles. The summed E-state index contributed by atoms with van der Waals surface area (Å²) in [6, 6.07) is 27.8. The third-order valence-corrected chi connectivity index (χ3v) is 11.7. The molecular formula is C48H50Cl2N6O7. The van der Waals surface area contributed by atoms with Gasteiger partial charge < -0.3 is 9.97 Å². The molecule has 4 heterocycles. The molecule has 0 radical (unpaired) electrons. The molecule has 2 fully saturated rings. The fraction of sp³-hybridized carbons (Fsp3) is 0.271. The summed E-state index contributed by atoms with van der Waals surface area (Å²) in [6.07, 6.45) is 4.34. The average molecular weight is 894 g/mol. The maximum absolute atomic E-state index is 13.2. The van der Waals surface area contributed by atoms with Gasteiger partial charge in [-0.05, 0) is 81.9 Å². The maximum Gasteiger partial charge on any atom is 0.332 e. The third kappa shape index (κ3) is 10.6. The van der Waals surface area contributed by atoms with Crippen molar-refractivity contribution in [1.82, 2.24) is 29.6 Å². The molecule has 8 amide bonds. The van der Waals surface area contributed by atoms with Crippen molar-refractivity contribution in [3.05, 3.63) is 141 Å². The Hall–Kier alpha value is -6.57. The van der Waals surface area contributed by atoms with Gasteiger partial charge in [0.05, 0.1) is 5.02 Å². The number of fused-ring (bicyclic) bond motifs is 2. The van der Waals surface area contributed by atoms with Gasteiger partial charge in [0.2, 0.25) is 23.6 Å². The second-order valence-electron chi connectivity index (χ2n) is 15.7. The van der Waals surface area contributed by atoms with Gasteiger partial charge in [-0.3, -0.25) is 43.6 Å². The van der Waals surface area contributed by atoms with E-state index in [0.717, 1.165) is 47.9 Å². The van der Waals surface area contributed by atoms with Crippen molar-refractivity contribution >= 4 is 87.0 Å². The molecule has 1 unspecified atom stereocenters. The van der Waals surface area contributed by atoms with Gasteiger partial charge in [0.25, 0.3) is 0 Å². The highest BCUT2D eigenvalue weighted by Gasteiger charge is 2.48. The largest absolute Gasteiger partial charge is 0.361 e. The summed E-state index contributed by atoms with van der Waals surface area (Å²) < 4.78 is 0. The van der Waals surface area contributed by atoms with E-state index >= 15 is 0 Å². The van der Waals surface area contributed by atoms with Gasteiger partial charge in [-0.25, -0.2) is 9.59 Å². The molecule has 2 aliphatic heterocycles. The van der Waals surface area contributed by atoms with Crippen LogP contribution in [0, 0.1) is 5.92 Å². The first-order valence-electron chi connectivity index (χ1n) is 20.2. The highest BCUT2D eigenvalue weighted by Crippen LogP contribution is 2.42. The van der Waals surface area contributed by atoms with Crippen LogP contribution in [-0.4, -0.2) is 99.7 Å². The monoisotopic (exact) mass is 892 g/mol. The number of nitrogens with one attached hydrogen (secondary N) is 2. The number of hydrogen-bond donors (Lipinski definition) is 2. The standard InChI is InChI=1S/C24H24ClN3O3.C11H13N.C7H5ClO.C6H8N2O3/c1-13(2)14-9-10-19-16(11-14)17(12-26-19)20(15-7-5-6-8-18(15)25)21-22(29)27(3)24(31)28(4)23(21)30;1-8(2)9-3-4-11-10(7-9)5-6-12-11;8-7-4-2-1-3-6(7)5-9;1-7-4(9)3-5(10)8(2)6(7)11/h5-13,20-21,26H,1-4H3;3-8,12H,1-2H3;1-5H;3H2,1-2H3. The molecule has 328 valence electrons. The molecule has 2 aromatic heterocycles. The Morgan fingerprint density at radius 3 is 1.67 bits per heavy atom. The van der Waals surface area contributed by atoms with Gasteiger partial charge in [0.15, 0.2) is 6.29 Å². The van der Waals surface area contributed by atoms with Crippen molar-refractivity contribution in [1.29, 1.82) is 0 Å². The van der Waals surface area contributed by atoms with E-state index in [2.05, 4.69) is 74.1 Å². The van der Waals surface area contributed by atoms with E-state index < -0.39 is 47.5 Å². The van der Waals surface area contributed by atoms with Crippen LogP contribution >= 0.6 is 23.2 Å². The summed E-state index contributed by atoms with van der Waals surface area (Å²) in [5.41, 5.74) is 6.69. The fourth-order valence-electron chi connectivity index (χ4n) is 7.06. The zero-order valence-electron chi connectivity index (χ0n) is 36.3. The molecule has 0 bridgehead atoms. The minimum Gasteiger partial charge on any atom is -0.361 e. The number of nitrogens with zero attached hydrogens (tertiary/aromatic N) is 4. The Balaban J connectivity index is 0.000000189. The first-order valence-corrected chi connectivity index (χ1v) is 20.9. The lowest BCUT2D eigenvalue weighted by molar-refractivity contribution is -0.148. The summed E-state index contributed by atoms with van der Waals surface area (Å²) in [5.74, 6) is -2.78. The summed E-state index contributed by atoms with van der Waals surface area (Å²) in [6.45, 7) is 8.66. The number of amides is 8. The summed E-state index contributed by atoms with van der Waals surface area (Å²) in [4.78, 5) is 91.8. The van der Waals surface area contributed by atoms with E-state index in [9.17, 15) is 33.6 Å². The van der Waals surface area contributed by atoms with Gasteiger partial charge >= 0.3 is 12.1 Å². The lowest BCUT2D eigenvalue weighted by atomic mass is 9.78. The Labute approximate surface area is 375 Å². The number of halogens is 2. The molecule has 2 aliphatic rings. The van der Waals surface area contributed by atoms with Gasteiger partial charge in [-0.2, -0.15) is 0 Å². The summed E-state index contributed by atoms with van der Waals surface area (Å²) in [7, 11) is 5.51. The predicted molar refractivity (Wildman–Crippen MR) is 245 cm³/mol. The number of carbonyl (C=O) groups excluding carboxylic acids is 7. The summed E-state index contributed by atoms with van der Waals surface area (Å²) in [5, 5.41) is 3.21. The lowest BCUT2D eigenvalue weighted by Gasteiger charge is -2.37. The SMILES string of the molecule is CC(C)c1ccc2[nH]cc(C(c3ccccc3Cl)C3C(=O)N(C)C(=O)N(C)C3=O)c2c1.CC(C)c1ccc2[nH]ccc2c1.CN1C(=O)CC(=O)N(C)C1=O.O=Cc1ccccc1Cl. The van der Waals surface area contributed by atoms with Crippen molar-refractivity contribution in [3.8, 4) is 0 Å². The second kappa shape index (κ2) is 20.5. The number of carbonyl (C=O) groups is 7. The Morgan fingerprint density at radius 1 is 0.603 bits per heavy atom. The number of urea groups is 2. The van der Waals surface area contributed by atoms with E-state index in [1.165, 1.54) is 44.7 Å². The molecule has 8 rings (SSSR count). The number of aldehydes is 1. The van der Waals surface area contributed by atoms with Crippen LogP contribution < -0.4 is 0 Å². The molecule has 6 aromatic rings. The van der Waals surface area contributed by atoms with Gasteiger partial charge in [0.1, 0.15) is 12.3 Å². The van der Waals surface area contributed by atoms with E-state index in [1.54, 1.807) is 36.4 Å². The van der Waals surface area contributed by atoms with E-state index in [0.29, 0.717) is 33.0 Å². The van der Waals surface area contributed by atoms with Crippen LogP contribution in [0.4, 0.5) is 9.59 Å². The molecular weight excluding hydrogens is 843 g/mol. The van der Waals surface area contributed by atoms with Crippen LogP contribution in [0.15, 0.2) is 103 Å². The minimum atomic E-state index is -1.10. The predicted octanol–water partition coefficient (Wildman–Crippen LogP) is 9.61. The average Bonchev–Trinajstić information content (AvgIpc) is 3.93. The molecule has 2 N–H and O–H groups in total. The number of barbiturate groups is 2. The number of H-pyrrole nitrogens is 2. The van der Waals surface area contributed by atoms with Gasteiger partial charge in [-0.1, -0.05) is 99.4 Å². The van der Waals surface area contributed by atoms with Gasteiger partial charge in [0, 0.05) is 73.5 Å². The Kier molecular flexibility index (Phi) is 15.5. The zero-order chi connectivity index (χ0) is 46.3. The third-order valence-electron chi connectivity index (χ3n) is 11.0. The molecule has 0 saturated carbocycles. The van der Waals surface area contributed by atoms with E-state index in [-0.39, 0.29) is 6.42 Å². The Morgan fingerprint density at radius 2 is 1.13 bits per heavy atom. The van der Waals surface area contributed by atoms with E-state index in [1.807, 2.05) is 30.6 Å². The smallest absolute Gasteiger partial charge is 0.332 e. The minimum absolute atomic E-state index is 0.210. The van der Waals surface area contributed by atoms with Crippen LogP contribution in [0.5, 0.6) is 0 Å². The van der Waals surface area contributed by atoms with Crippen molar-refractivity contribution in [2.24, 2.45) is 5.92 Å². The number of aromatic nitrogens is 2. The van der Waals surface area contributed by atoms with Crippen LogP contribution in [0.3, 0.4) is 0 Å². The number of aromatic amines is 2. The summed E-state index contributed by atoms with van der Waals surface area (Å²) >= 11 is 12.2. The number of benzene rings is 4. The molecule has 63 heavy (non-hydrogen) atoms. The normalized spacial score (nSPS) is 15.0. The topological polar surface area (TPSA) is 164 Å². The number of rotatable bonds is 6. The second-order valence-corrected chi connectivity index (χ2v) is 16.6.